The molecule has 0 spiro atoms. The van der Waals surface area contributed by atoms with E-state index in [0.717, 1.165) is 26.8 Å². The minimum Gasteiger partial charge on any atom is -0.331 e. The number of rotatable bonds is 3. The Bertz CT molecular complexity index is 1280. The Morgan fingerprint density at radius 3 is 2.70 bits per heavy atom. The Morgan fingerprint density at radius 2 is 2.00 bits per heavy atom. The highest BCUT2D eigenvalue weighted by Crippen LogP contribution is 2.31. The lowest BCUT2D eigenvalue weighted by molar-refractivity contribution is 0.0637. The van der Waals surface area contributed by atoms with Crippen LogP contribution in [-0.4, -0.2) is 49.0 Å². The fourth-order valence-corrected chi connectivity index (χ4v) is 5.83. The van der Waals surface area contributed by atoms with Gasteiger partial charge in [-0.25, -0.2) is 4.98 Å². The maximum absolute atomic E-state index is 13.5. The highest BCUT2D eigenvalue weighted by Gasteiger charge is 2.37. The van der Waals surface area contributed by atoms with Crippen molar-refractivity contribution in [3.63, 3.8) is 0 Å². The largest absolute Gasteiger partial charge is 0.331 e. The summed E-state index contributed by atoms with van der Waals surface area (Å²) in [5.41, 5.74) is 3.78. The Labute approximate surface area is 205 Å². The molecule has 33 heavy (non-hydrogen) atoms. The molecule has 0 radical (unpaired) electrons. The molecule has 0 N–H and O–H groups in total. The molecule has 10 heteroatoms. The van der Waals surface area contributed by atoms with Gasteiger partial charge in [-0.2, -0.15) is 5.10 Å². The summed E-state index contributed by atoms with van der Waals surface area (Å²) in [5, 5.41) is 6.48. The third-order valence-electron chi connectivity index (χ3n) is 6.32. The number of carbonyl (C=O) groups excluding carboxylic acids is 2. The van der Waals surface area contributed by atoms with Gasteiger partial charge in [0.05, 0.1) is 46.1 Å². The van der Waals surface area contributed by atoms with Crippen molar-refractivity contribution in [3.8, 4) is 0 Å². The lowest BCUT2D eigenvalue weighted by Crippen LogP contribution is -2.44. The average molecular weight is 504 g/mol. The van der Waals surface area contributed by atoms with Crippen molar-refractivity contribution in [1.29, 1.82) is 0 Å². The summed E-state index contributed by atoms with van der Waals surface area (Å²) >= 11 is 13.8. The third-order valence-corrected chi connectivity index (χ3v) is 8.11. The number of hydrogen-bond acceptors (Lipinski definition) is 5. The zero-order valence-electron chi connectivity index (χ0n) is 18.6. The lowest BCUT2D eigenvalue weighted by atomic mass is 9.97. The highest BCUT2D eigenvalue weighted by atomic mass is 35.5. The summed E-state index contributed by atoms with van der Waals surface area (Å²) in [6.07, 6.45) is 0.600. The number of benzene rings is 1. The summed E-state index contributed by atoms with van der Waals surface area (Å²) in [7, 11) is 0. The first-order valence-electron chi connectivity index (χ1n) is 10.8. The number of thiazole rings is 1. The van der Waals surface area contributed by atoms with E-state index >= 15 is 0 Å². The Kier molecular flexibility index (Phi) is 5.71. The molecule has 0 fully saturated rings. The molecule has 7 nitrogen and oxygen atoms in total. The quantitative estimate of drug-likeness (QED) is 0.527. The fraction of sp³-hybridized carbons (Fsp3) is 0.391. The molecule has 4 heterocycles. The van der Waals surface area contributed by atoms with Crippen LogP contribution in [0, 0.1) is 13.8 Å². The van der Waals surface area contributed by atoms with Gasteiger partial charge >= 0.3 is 0 Å². The Morgan fingerprint density at radius 1 is 1.21 bits per heavy atom. The first-order valence-corrected chi connectivity index (χ1v) is 12.4. The third kappa shape index (κ3) is 3.94. The van der Waals surface area contributed by atoms with Gasteiger partial charge in [-0.1, -0.05) is 23.2 Å². The van der Waals surface area contributed by atoms with E-state index in [1.54, 1.807) is 34.4 Å². The molecule has 0 bridgehead atoms. The first-order chi connectivity index (χ1) is 15.7. The van der Waals surface area contributed by atoms with Gasteiger partial charge in [0.2, 0.25) is 0 Å². The van der Waals surface area contributed by atoms with Gasteiger partial charge in [0.1, 0.15) is 5.69 Å². The Balaban J connectivity index is 1.43. The molecule has 5 rings (SSSR count). The topological polar surface area (TPSA) is 71.3 Å². The number of hydrogen-bond donors (Lipinski definition) is 0. The predicted octanol–water partition coefficient (Wildman–Crippen LogP) is 4.51. The van der Waals surface area contributed by atoms with Crippen LogP contribution in [0.15, 0.2) is 18.2 Å². The zero-order chi connectivity index (χ0) is 23.4. The number of halogens is 2. The van der Waals surface area contributed by atoms with Crippen LogP contribution in [0.3, 0.4) is 0 Å². The van der Waals surface area contributed by atoms with Crippen molar-refractivity contribution < 1.29 is 9.59 Å². The maximum atomic E-state index is 13.5. The fourth-order valence-electron chi connectivity index (χ4n) is 4.57. The summed E-state index contributed by atoms with van der Waals surface area (Å²) in [4.78, 5) is 36.0. The summed E-state index contributed by atoms with van der Waals surface area (Å²) < 4.78 is 1.81. The summed E-state index contributed by atoms with van der Waals surface area (Å²) in [6.45, 7) is 8.07. The first kappa shape index (κ1) is 22.4. The number of nitrogens with zero attached hydrogens (tertiary/aromatic N) is 5. The number of aryl methyl sites for hydroxylation is 2. The minimum absolute atomic E-state index is 0.0445. The summed E-state index contributed by atoms with van der Waals surface area (Å²) in [5.74, 6) is -0.181. The molecular formula is C23H23Cl2N5O2S. The van der Waals surface area contributed by atoms with Crippen molar-refractivity contribution >= 4 is 46.4 Å². The molecule has 0 unspecified atom stereocenters. The molecule has 3 aromatic rings. The van der Waals surface area contributed by atoms with E-state index < -0.39 is 0 Å². The standard InChI is InChI=1S/C23H23Cl2N5O2S/c1-12-8-19-16(10-29(12)22(31)15-4-5-17(24)18(25)9-15)21-23(32)28(6-7-30(21)27-19)11-20-13(2)26-14(3)33-20/h4-5,9,12H,6-8,10-11H2,1-3H3/t12-/m1/s1. The predicted molar refractivity (Wildman–Crippen MR) is 128 cm³/mol. The summed E-state index contributed by atoms with van der Waals surface area (Å²) in [6, 6.07) is 4.85. The van der Waals surface area contributed by atoms with Gasteiger partial charge < -0.3 is 9.80 Å². The van der Waals surface area contributed by atoms with Crippen LogP contribution < -0.4 is 0 Å². The van der Waals surface area contributed by atoms with E-state index in [0.29, 0.717) is 53.9 Å². The molecule has 2 aromatic heterocycles. The number of amides is 2. The second kappa shape index (κ2) is 8.42. The van der Waals surface area contributed by atoms with E-state index in [9.17, 15) is 9.59 Å². The second-order valence-corrected chi connectivity index (χ2v) is 10.7. The van der Waals surface area contributed by atoms with E-state index in [4.69, 9.17) is 28.3 Å². The monoisotopic (exact) mass is 503 g/mol. The normalized spacial score (nSPS) is 17.8. The Hall–Kier alpha value is -2.42. The molecule has 0 aliphatic carbocycles. The number of aromatic nitrogens is 3. The molecule has 0 saturated carbocycles. The smallest absolute Gasteiger partial charge is 0.272 e. The molecule has 2 aliphatic heterocycles. The molecule has 172 valence electrons. The SMILES string of the molecule is Cc1nc(C)c(CN2CCn3nc4c(c3C2=O)CN(C(=O)c2ccc(Cl)c(Cl)c2)[C@H](C)C4)s1. The number of carbonyl (C=O) groups is 2. The van der Waals surface area contributed by atoms with Crippen LogP contribution in [0.5, 0.6) is 0 Å². The van der Waals surface area contributed by atoms with Crippen molar-refractivity contribution in [2.75, 3.05) is 6.54 Å². The van der Waals surface area contributed by atoms with E-state index in [1.165, 1.54) is 0 Å². The lowest BCUT2D eigenvalue weighted by Gasteiger charge is -2.34. The molecule has 2 amide bonds. The van der Waals surface area contributed by atoms with Crippen molar-refractivity contribution in [2.24, 2.45) is 0 Å². The molecular weight excluding hydrogens is 481 g/mol. The van der Waals surface area contributed by atoms with Crippen LogP contribution >= 0.6 is 34.5 Å². The van der Waals surface area contributed by atoms with Gasteiger partial charge in [0, 0.05) is 35.0 Å². The molecule has 1 aromatic carbocycles. The van der Waals surface area contributed by atoms with Gasteiger partial charge in [-0.05, 0) is 39.0 Å². The zero-order valence-corrected chi connectivity index (χ0v) is 20.9. The van der Waals surface area contributed by atoms with E-state index in [-0.39, 0.29) is 17.9 Å². The highest BCUT2D eigenvalue weighted by molar-refractivity contribution is 7.11. The van der Waals surface area contributed by atoms with E-state index in [1.807, 2.05) is 30.4 Å². The molecule has 0 saturated heterocycles. The molecule has 1 atom stereocenters. The van der Waals surface area contributed by atoms with Gasteiger partial charge in [-0.3, -0.25) is 14.3 Å². The minimum atomic E-state index is -0.137. The van der Waals surface area contributed by atoms with Gasteiger partial charge in [0.25, 0.3) is 11.8 Å². The van der Waals surface area contributed by atoms with Gasteiger partial charge in [-0.15, -0.1) is 11.3 Å². The van der Waals surface area contributed by atoms with Crippen LogP contribution in [0.1, 0.15) is 54.6 Å². The number of fused-ring (bicyclic) bond motifs is 3. The molecule has 2 aliphatic rings. The maximum Gasteiger partial charge on any atom is 0.272 e. The van der Waals surface area contributed by atoms with Crippen LogP contribution in [-0.2, 0) is 26.1 Å². The van der Waals surface area contributed by atoms with Crippen molar-refractivity contribution in [3.05, 3.63) is 66.3 Å². The van der Waals surface area contributed by atoms with Gasteiger partial charge in [0.15, 0.2) is 0 Å². The average Bonchev–Trinajstić information content (AvgIpc) is 3.29. The van der Waals surface area contributed by atoms with E-state index in [2.05, 4.69) is 4.98 Å². The van der Waals surface area contributed by atoms with Crippen LogP contribution in [0.4, 0.5) is 0 Å². The van der Waals surface area contributed by atoms with Crippen molar-refractivity contribution in [2.45, 2.75) is 52.9 Å². The van der Waals surface area contributed by atoms with Crippen LogP contribution in [0.2, 0.25) is 10.0 Å². The van der Waals surface area contributed by atoms with Crippen molar-refractivity contribution in [1.82, 2.24) is 24.6 Å². The van der Waals surface area contributed by atoms with Crippen LogP contribution in [0.25, 0.3) is 0 Å². The second-order valence-electron chi connectivity index (χ2n) is 8.58.